The largest absolute Gasteiger partial charge is 0.449 e. The standard InChI is InChI=1S/C23H32F3N5O5S/c1-21(2,30-37(3,34)35)4-5-31-18(23(24,25)26)16(11-28-31)19(32)29-17-14-6-13-7-15(17)10-22(8-13,9-14)12-36-20(27)33/h4-5,11,13-15,17,30H,6-10,12H2,1-3H3,(H2,27,33)(H,29,32)/b5-4+. The lowest BCUT2D eigenvalue weighted by molar-refractivity contribution is -0.142. The zero-order valence-electron chi connectivity index (χ0n) is 20.8. The van der Waals surface area contributed by atoms with Crippen molar-refractivity contribution in [3.8, 4) is 0 Å². The molecule has 1 aromatic heterocycles. The summed E-state index contributed by atoms with van der Waals surface area (Å²) < 4.78 is 73.1. The van der Waals surface area contributed by atoms with Crippen molar-refractivity contribution in [1.82, 2.24) is 19.8 Å². The van der Waals surface area contributed by atoms with Crippen LogP contribution in [-0.4, -0.2) is 54.6 Å². The second-order valence-corrected chi connectivity index (χ2v) is 13.1. The number of sulfonamides is 1. The Morgan fingerprint density at radius 2 is 1.86 bits per heavy atom. The molecule has 2 atom stereocenters. The number of nitrogens with two attached hydrogens (primary N) is 1. The van der Waals surface area contributed by atoms with Gasteiger partial charge in [-0.15, -0.1) is 0 Å². The van der Waals surface area contributed by atoms with Gasteiger partial charge in [0.05, 0.1) is 24.6 Å². The van der Waals surface area contributed by atoms with Gasteiger partial charge in [-0.05, 0) is 69.8 Å². The third-order valence-electron chi connectivity index (χ3n) is 7.61. The first-order chi connectivity index (χ1) is 17.0. The minimum atomic E-state index is -4.89. The van der Waals surface area contributed by atoms with E-state index in [1.54, 1.807) is 0 Å². The minimum Gasteiger partial charge on any atom is -0.449 e. The van der Waals surface area contributed by atoms with Gasteiger partial charge in [-0.1, -0.05) is 0 Å². The number of rotatable bonds is 8. The van der Waals surface area contributed by atoms with E-state index in [0.29, 0.717) is 23.4 Å². The van der Waals surface area contributed by atoms with Crippen LogP contribution in [0, 0.1) is 23.2 Å². The number of alkyl halides is 3. The first-order valence-electron chi connectivity index (χ1n) is 12.0. The lowest BCUT2D eigenvalue weighted by Gasteiger charge is -2.59. The smallest absolute Gasteiger partial charge is 0.434 e. The third kappa shape index (κ3) is 6.11. The Labute approximate surface area is 213 Å². The van der Waals surface area contributed by atoms with Gasteiger partial charge in [0.1, 0.15) is 0 Å². The maximum Gasteiger partial charge on any atom is 0.434 e. The summed E-state index contributed by atoms with van der Waals surface area (Å²) in [4.78, 5) is 24.3. The molecule has 0 radical (unpaired) electrons. The number of amides is 2. The Balaban J connectivity index is 1.53. The third-order valence-corrected chi connectivity index (χ3v) is 8.50. The Morgan fingerprint density at radius 3 is 2.41 bits per heavy atom. The summed E-state index contributed by atoms with van der Waals surface area (Å²) >= 11 is 0. The maximum absolute atomic E-state index is 14.0. The van der Waals surface area contributed by atoms with Gasteiger partial charge < -0.3 is 15.8 Å². The fourth-order valence-electron chi connectivity index (χ4n) is 6.75. The molecule has 4 bridgehead atoms. The molecule has 37 heavy (non-hydrogen) atoms. The van der Waals surface area contributed by atoms with Gasteiger partial charge in [0.2, 0.25) is 10.0 Å². The van der Waals surface area contributed by atoms with E-state index in [1.165, 1.54) is 19.9 Å². The molecule has 14 heteroatoms. The summed E-state index contributed by atoms with van der Waals surface area (Å²) in [6.45, 7) is 3.17. The average Bonchev–Trinajstić information content (AvgIpc) is 3.16. The van der Waals surface area contributed by atoms with Gasteiger partial charge >= 0.3 is 12.3 Å². The van der Waals surface area contributed by atoms with Gasteiger partial charge in [-0.25, -0.2) is 22.6 Å². The van der Waals surface area contributed by atoms with Crippen LogP contribution in [0.1, 0.15) is 62.0 Å². The molecule has 4 fully saturated rings. The molecule has 0 aromatic carbocycles. The summed E-state index contributed by atoms with van der Waals surface area (Å²) in [6, 6.07) is -0.288. The number of primary amides is 1. The summed E-state index contributed by atoms with van der Waals surface area (Å²) in [6.07, 6.45) is 2.34. The molecule has 5 rings (SSSR count). The summed E-state index contributed by atoms with van der Waals surface area (Å²) in [5.74, 6) is -0.303. The lowest BCUT2D eigenvalue weighted by atomic mass is 9.48. The van der Waals surface area contributed by atoms with Gasteiger partial charge in [0.25, 0.3) is 5.91 Å². The molecule has 1 aromatic rings. The zero-order valence-corrected chi connectivity index (χ0v) is 21.7. The number of carbonyl (C=O) groups is 2. The number of carbonyl (C=O) groups excluding carboxylic acids is 2. The number of aromatic nitrogens is 2. The second-order valence-electron chi connectivity index (χ2n) is 11.3. The molecule has 2 amide bonds. The van der Waals surface area contributed by atoms with Gasteiger partial charge in [-0.3, -0.25) is 4.79 Å². The Morgan fingerprint density at radius 1 is 1.24 bits per heavy atom. The number of nitrogens with zero attached hydrogens (tertiary/aromatic N) is 2. The van der Waals surface area contributed by atoms with E-state index in [0.717, 1.165) is 37.9 Å². The molecule has 4 aliphatic carbocycles. The number of nitrogens with one attached hydrogen (secondary N) is 2. The van der Waals surface area contributed by atoms with Crippen LogP contribution in [0.3, 0.4) is 0 Å². The van der Waals surface area contributed by atoms with E-state index >= 15 is 0 Å². The van der Waals surface area contributed by atoms with Crippen molar-refractivity contribution in [2.75, 3.05) is 12.9 Å². The van der Waals surface area contributed by atoms with Gasteiger partial charge in [0.15, 0.2) is 5.69 Å². The highest BCUT2D eigenvalue weighted by Gasteiger charge is 2.56. The number of hydrogen-bond donors (Lipinski definition) is 3. The van der Waals surface area contributed by atoms with Gasteiger partial charge in [-0.2, -0.15) is 18.3 Å². The Kier molecular flexibility index (Phi) is 6.89. The summed E-state index contributed by atoms with van der Waals surface area (Å²) in [5.41, 5.74) is 1.90. The number of ether oxygens (including phenoxy) is 1. The van der Waals surface area contributed by atoms with Gasteiger partial charge in [0, 0.05) is 23.2 Å². The predicted octanol–water partition coefficient (Wildman–Crippen LogP) is 2.72. The normalized spacial score (nSPS) is 29.6. The minimum absolute atomic E-state index is 0.0684. The number of halogens is 3. The van der Waals surface area contributed by atoms with E-state index in [2.05, 4.69) is 15.1 Å². The van der Waals surface area contributed by atoms with Crippen molar-refractivity contribution in [2.45, 2.75) is 63.7 Å². The average molecular weight is 548 g/mol. The highest BCUT2D eigenvalue weighted by Crippen LogP contribution is 2.60. The van der Waals surface area contributed by atoms with E-state index in [9.17, 15) is 31.2 Å². The van der Waals surface area contributed by atoms with Crippen LogP contribution in [0.15, 0.2) is 12.3 Å². The zero-order chi connectivity index (χ0) is 27.4. The van der Waals surface area contributed by atoms with Crippen LogP contribution in [0.4, 0.5) is 18.0 Å². The molecule has 206 valence electrons. The molecule has 0 spiro atoms. The first-order valence-corrected chi connectivity index (χ1v) is 13.9. The van der Waals surface area contributed by atoms with E-state index in [-0.39, 0.29) is 29.9 Å². The van der Waals surface area contributed by atoms with Crippen molar-refractivity contribution in [1.29, 1.82) is 0 Å². The molecular formula is C23H32F3N5O5S. The fourth-order valence-corrected chi connectivity index (χ4v) is 7.77. The Hall–Kier alpha value is -2.61. The molecule has 2 unspecified atom stereocenters. The van der Waals surface area contributed by atoms with E-state index < -0.39 is 45.0 Å². The molecule has 4 aliphatic rings. The van der Waals surface area contributed by atoms with Crippen LogP contribution in [-0.2, 0) is 20.9 Å². The Bertz CT molecular complexity index is 1190. The van der Waals surface area contributed by atoms with Crippen molar-refractivity contribution in [2.24, 2.45) is 28.9 Å². The maximum atomic E-state index is 14.0. The van der Waals surface area contributed by atoms with Crippen LogP contribution >= 0.6 is 0 Å². The van der Waals surface area contributed by atoms with Crippen molar-refractivity contribution in [3.63, 3.8) is 0 Å². The molecule has 10 nitrogen and oxygen atoms in total. The first kappa shape index (κ1) is 27.4. The molecular weight excluding hydrogens is 515 g/mol. The van der Waals surface area contributed by atoms with Crippen LogP contribution in [0.5, 0.6) is 0 Å². The summed E-state index contributed by atoms with van der Waals surface area (Å²) in [5, 5.41) is 6.60. The monoisotopic (exact) mass is 547 g/mol. The highest BCUT2D eigenvalue weighted by atomic mass is 32.2. The lowest BCUT2D eigenvalue weighted by Crippen LogP contribution is -2.60. The summed E-state index contributed by atoms with van der Waals surface area (Å²) in [7, 11) is -3.62. The molecule has 1 heterocycles. The second kappa shape index (κ2) is 9.29. The molecule has 4 saturated carbocycles. The van der Waals surface area contributed by atoms with Crippen molar-refractivity contribution < 1.29 is 35.9 Å². The van der Waals surface area contributed by atoms with E-state index in [4.69, 9.17) is 10.5 Å². The topological polar surface area (TPSA) is 145 Å². The van der Waals surface area contributed by atoms with Crippen molar-refractivity contribution >= 4 is 28.2 Å². The highest BCUT2D eigenvalue weighted by molar-refractivity contribution is 7.88. The predicted molar refractivity (Wildman–Crippen MR) is 127 cm³/mol. The van der Waals surface area contributed by atoms with Crippen molar-refractivity contribution in [3.05, 3.63) is 23.5 Å². The molecule has 4 N–H and O–H groups in total. The van der Waals surface area contributed by atoms with Crippen LogP contribution in [0.25, 0.3) is 6.20 Å². The van der Waals surface area contributed by atoms with Crippen LogP contribution < -0.4 is 15.8 Å². The fraction of sp³-hybridized carbons (Fsp3) is 0.696. The molecule has 0 saturated heterocycles. The quantitative estimate of drug-likeness (QED) is 0.456. The van der Waals surface area contributed by atoms with E-state index in [1.807, 2.05) is 0 Å². The number of hydrogen-bond acceptors (Lipinski definition) is 6. The van der Waals surface area contributed by atoms with Crippen LogP contribution in [0.2, 0.25) is 0 Å². The SMILES string of the molecule is CC(C)(/C=C/n1ncc(C(=O)NC2C3CC4CC2CC(COC(N)=O)(C4)C3)c1C(F)(F)F)NS(C)(=O)=O. The molecule has 0 aliphatic heterocycles.